The van der Waals surface area contributed by atoms with Gasteiger partial charge in [0.25, 0.3) is 0 Å². The van der Waals surface area contributed by atoms with Gasteiger partial charge in [-0.25, -0.2) is 8.42 Å². The second-order valence-electron chi connectivity index (χ2n) is 5.95. The first-order valence-corrected chi connectivity index (χ1v) is 8.25. The third kappa shape index (κ3) is 6.35. The van der Waals surface area contributed by atoms with E-state index >= 15 is 0 Å². The molecule has 5 nitrogen and oxygen atoms in total. The van der Waals surface area contributed by atoms with Crippen LogP contribution in [-0.2, 0) is 14.6 Å². The molecule has 1 aliphatic rings. The molecule has 0 saturated carbocycles. The highest BCUT2D eigenvalue weighted by atomic mass is 32.2. The van der Waals surface area contributed by atoms with Crippen molar-refractivity contribution in [3.63, 3.8) is 0 Å². The summed E-state index contributed by atoms with van der Waals surface area (Å²) < 4.78 is 22.8. The molecule has 1 saturated heterocycles. The van der Waals surface area contributed by atoms with Crippen molar-refractivity contribution in [3.8, 4) is 0 Å². The van der Waals surface area contributed by atoms with Gasteiger partial charge >= 0.3 is 0 Å². The third-order valence-electron chi connectivity index (χ3n) is 2.84. The summed E-state index contributed by atoms with van der Waals surface area (Å²) in [7, 11) is -2.95. The van der Waals surface area contributed by atoms with Crippen LogP contribution in [-0.4, -0.2) is 44.0 Å². The van der Waals surface area contributed by atoms with Crippen LogP contribution >= 0.6 is 0 Å². The van der Waals surface area contributed by atoms with Crippen molar-refractivity contribution in [2.75, 3.05) is 18.1 Å². The lowest BCUT2D eigenvalue weighted by atomic mass is 10.1. The number of sulfone groups is 1. The topological polar surface area (TPSA) is 75.3 Å². The molecule has 6 heteroatoms. The molecule has 1 amide bonds. The third-order valence-corrected chi connectivity index (χ3v) is 4.66. The van der Waals surface area contributed by atoms with E-state index < -0.39 is 9.84 Å². The lowest BCUT2D eigenvalue weighted by molar-refractivity contribution is -0.121. The maximum atomic E-state index is 11.7. The molecule has 1 fully saturated rings. The Labute approximate surface area is 110 Å². The van der Waals surface area contributed by atoms with Crippen molar-refractivity contribution in [2.24, 2.45) is 0 Å². The van der Waals surface area contributed by atoms with Gasteiger partial charge in [0.05, 0.1) is 11.5 Å². The summed E-state index contributed by atoms with van der Waals surface area (Å²) in [4.78, 5) is 11.7. The van der Waals surface area contributed by atoms with E-state index in [-0.39, 0.29) is 29.0 Å². The molecule has 0 aromatic carbocycles. The molecule has 0 spiro atoms. The van der Waals surface area contributed by atoms with Crippen molar-refractivity contribution >= 4 is 15.7 Å². The number of hydrogen-bond donors (Lipinski definition) is 2. The Morgan fingerprint density at radius 1 is 1.33 bits per heavy atom. The normalized spacial score (nSPS) is 23.6. The van der Waals surface area contributed by atoms with Crippen LogP contribution in [0.2, 0.25) is 0 Å². The molecular weight excluding hydrogens is 252 g/mol. The maximum absolute atomic E-state index is 11.7. The Bertz CT molecular complexity index is 385. The minimum atomic E-state index is -2.95. The van der Waals surface area contributed by atoms with Crippen LogP contribution in [0.3, 0.4) is 0 Å². The van der Waals surface area contributed by atoms with Gasteiger partial charge in [0, 0.05) is 24.5 Å². The van der Waals surface area contributed by atoms with Gasteiger partial charge < -0.3 is 10.6 Å². The number of carbonyl (C=O) groups excluding carboxylic acids is 1. The van der Waals surface area contributed by atoms with Gasteiger partial charge in [0.15, 0.2) is 9.84 Å². The number of hydrogen-bond acceptors (Lipinski definition) is 4. The van der Waals surface area contributed by atoms with Gasteiger partial charge in [-0.05, 0) is 33.6 Å². The average molecular weight is 276 g/mol. The molecule has 1 atom stereocenters. The fraction of sp³-hybridized carbons (Fsp3) is 0.917. The van der Waals surface area contributed by atoms with Crippen molar-refractivity contribution in [2.45, 2.75) is 51.6 Å². The lowest BCUT2D eigenvalue weighted by Gasteiger charge is -2.24. The summed E-state index contributed by atoms with van der Waals surface area (Å²) in [5.41, 5.74) is -0.00550. The van der Waals surface area contributed by atoms with Crippen molar-refractivity contribution < 1.29 is 13.2 Å². The number of rotatable bonds is 4. The van der Waals surface area contributed by atoms with Crippen LogP contribution in [0.1, 0.15) is 40.0 Å². The van der Waals surface area contributed by atoms with E-state index in [9.17, 15) is 13.2 Å². The first kappa shape index (κ1) is 15.4. The van der Waals surface area contributed by atoms with Crippen LogP contribution in [0.25, 0.3) is 0 Å². The van der Waals surface area contributed by atoms with E-state index in [1.807, 2.05) is 20.8 Å². The molecule has 1 aliphatic heterocycles. The Hall–Kier alpha value is -0.620. The Morgan fingerprint density at radius 2 is 2.00 bits per heavy atom. The Kier molecular flexibility index (Phi) is 5.16. The van der Waals surface area contributed by atoms with Gasteiger partial charge in [-0.3, -0.25) is 4.79 Å². The minimum Gasteiger partial charge on any atom is -0.352 e. The van der Waals surface area contributed by atoms with Crippen molar-refractivity contribution in [3.05, 3.63) is 0 Å². The van der Waals surface area contributed by atoms with Crippen molar-refractivity contribution in [1.29, 1.82) is 0 Å². The van der Waals surface area contributed by atoms with E-state index in [1.165, 1.54) is 0 Å². The fourth-order valence-corrected chi connectivity index (χ4v) is 3.62. The van der Waals surface area contributed by atoms with Crippen LogP contribution in [0.5, 0.6) is 0 Å². The summed E-state index contributed by atoms with van der Waals surface area (Å²) in [5.74, 6) is 0.269. The molecule has 106 valence electrons. The lowest BCUT2D eigenvalue weighted by Crippen LogP contribution is -2.44. The van der Waals surface area contributed by atoms with E-state index in [1.54, 1.807) is 0 Å². The van der Waals surface area contributed by atoms with E-state index in [0.29, 0.717) is 19.4 Å². The summed E-state index contributed by atoms with van der Waals surface area (Å²) in [5, 5.41) is 6.03. The number of nitrogens with one attached hydrogen (secondary N) is 2. The Balaban J connectivity index is 2.28. The summed E-state index contributed by atoms with van der Waals surface area (Å²) in [6, 6.07) is -0.203. The van der Waals surface area contributed by atoms with E-state index in [0.717, 1.165) is 6.42 Å². The second kappa shape index (κ2) is 6.02. The molecule has 1 rings (SSSR count). The largest absolute Gasteiger partial charge is 0.352 e. The second-order valence-corrected chi connectivity index (χ2v) is 8.18. The van der Waals surface area contributed by atoms with Gasteiger partial charge in [0.2, 0.25) is 5.91 Å². The molecule has 18 heavy (non-hydrogen) atoms. The zero-order valence-electron chi connectivity index (χ0n) is 11.5. The Morgan fingerprint density at radius 3 is 2.56 bits per heavy atom. The van der Waals surface area contributed by atoms with Crippen LogP contribution in [0.15, 0.2) is 0 Å². The predicted molar refractivity (Wildman–Crippen MR) is 72.2 cm³/mol. The van der Waals surface area contributed by atoms with Crippen LogP contribution in [0, 0.1) is 0 Å². The predicted octanol–water partition coefficient (Wildman–Crippen LogP) is 0.458. The van der Waals surface area contributed by atoms with Crippen LogP contribution in [0.4, 0.5) is 0 Å². The zero-order valence-corrected chi connectivity index (χ0v) is 12.3. The van der Waals surface area contributed by atoms with Crippen molar-refractivity contribution in [1.82, 2.24) is 10.6 Å². The molecule has 0 aliphatic carbocycles. The number of carbonyl (C=O) groups is 1. The monoisotopic (exact) mass is 276 g/mol. The molecular formula is C12H24N2O3S. The summed E-state index contributed by atoms with van der Waals surface area (Å²) >= 11 is 0. The van der Waals surface area contributed by atoms with Gasteiger partial charge in [-0.1, -0.05) is 0 Å². The fourth-order valence-electron chi connectivity index (χ4n) is 1.99. The highest BCUT2D eigenvalue weighted by Gasteiger charge is 2.25. The van der Waals surface area contributed by atoms with E-state index in [4.69, 9.17) is 0 Å². The standard InChI is InChI=1S/C12H24N2O3S/c1-12(2,3)13-7-6-11(15)14-10-5-4-8-18(16,17)9-10/h10,13H,4-9H2,1-3H3,(H,14,15). The van der Waals surface area contributed by atoms with Gasteiger partial charge in [-0.2, -0.15) is 0 Å². The molecule has 0 aromatic heterocycles. The SMILES string of the molecule is CC(C)(C)NCCC(=O)NC1CCCS(=O)(=O)C1. The average Bonchev–Trinajstić information content (AvgIpc) is 2.13. The van der Waals surface area contributed by atoms with Gasteiger partial charge in [-0.15, -0.1) is 0 Å². The highest BCUT2D eigenvalue weighted by Crippen LogP contribution is 2.12. The molecule has 2 N–H and O–H groups in total. The van der Waals surface area contributed by atoms with Crippen LogP contribution < -0.4 is 10.6 Å². The first-order chi connectivity index (χ1) is 8.18. The maximum Gasteiger partial charge on any atom is 0.221 e. The smallest absolute Gasteiger partial charge is 0.221 e. The molecule has 0 aromatic rings. The zero-order chi connectivity index (χ0) is 13.8. The quantitative estimate of drug-likeness (QED) is 0.782. The highest BCUT2D eigenvalue weighted by molar-refractivity contribution is 7.91. The summed E-state index contributed by atoms with van der Waals surface area (Å²) in [6.45, 7) is 6.73. The minimum absolute atomic E-state index is 0.00550. The molecule has 0 bridgehead atoms. The molecule has 0 radical (unpaired) electrons. The van der Waals surface area contributed by atoms with Gasteiger partial charge in [0.1, 0.15) is 0 Å². The summed E-state index contributed by atoms with van der Waals surface area (Å²) in [6.07, 6.45) is 1.79. The number of amides is 1. The van der Waals surface area contributed by atoms with E-state index in [2.05, 4.69) is 10.6 Å². The molecule has 1 heterocycles. The molecule has 1 unspecified atom stereocenters. The first-order valence-electron chi connectivity index (χ1n) is 6.43.